The fraction of sp³-hybridized carbons (Fsp3) is 0.818. The van der Waals surface area contributed by atoms with Crippen molar-refractivity contribution in [1.29, 1.82) is 0 Å². The summed E-state index contributed by atoms with van der Waals surface area (Å²) in [6, 6.07) is -0.118. The molecular formula is C11H20N2O4. The van der Waals surface area contributed by atoms with Crippen LogP contribution in [-0.2, 0) is 9.53 Å². The van der Waals surface area contributed by atoms with Crippen molar-refractivity contribution in [2.45, 2.75) is 25.4 Å². The molecule has 98 valence electrons. The van der Waals surface area contributed by atoms with E-state index < -0.39 is 5.97 Å². The van der Waals surface area contributed by atoms with Crippen LogP contribution in [-0.4, -0.2) is 66.8 Å². The lowest BCUT2D eigenvalue weighted by atomic mass is 10.1. The average molecular weight is 244 g/mol. The van der Waals surface area contributed by atoms with E-state index in [1.807, 2.05) is 0 Å². The van der Waals surface area contributed by atoms with Crippen molar-refractivity contribution in [1.82, 2.24) is 9.80 Å². The molecule has 1 aliphatic heterocycles. The summed E-state index contributed by atoms with van der Waals surface area (Å²) in [5.41, 5.74) is 0. The summed E-state index contributed by atoms with van der Waals surface area (Å²) in [5, 5.41) is 8.56. The van der Waals surface area contributed by atoms with Crippen molar-refractivity contribution < 1.29 is 19.4 Å². The zero-order valence-electron chi connectivity index (χ0n) is 10.4. The van der Waals surface area contributed by atoms with Gasteiger partial charge in [-0.25, -0.2) is 4.79 Å². The van der Waals surface area contributed by atoms with E-state index in [0.29, 0.717) is 6.54 Å². The zero-order valence-corrected chi connectivity index (χ0v) is 10.4. The van der Waals surface area contributed by atoms with E-state index in [9.17, 15) is 9.59 Å². The van der Waals surface area contributed by atoms with Crippen LogP contribution < -0.4 is 0 Å². The number of likely N-dealkylation sites (tertiary alicyclic amines) is 1. The maximum Gasteiger partial charge on any atom is 0.319 e. The number of aliphatic carboxylic acids is 1. The molecule has 1 saturated heterocycles. The van der Waals surface area contributed by atoms with Gasteiger partial charge in [0.05, 0.1) is 12.5 Å². The van der Waals surface area contributed by atoms with Gasteiger partial charge < -0.3 is 19.6 Å². The standard InChI is InChI=1S/C11H20N2O4/c1-12(7-5-10(14)15)11(16)13-6-3-4-9(8-13)17-2/h9H,3-8H2,1-2H3,(H,14,15). The van der Waals surface area contributed by atoms with Crippen LogP contribution in [0.4, 0.5) is 4.79 Å². The number of nitrogens with zero attached hydrogens (tertiary/aromatic N) is 2. The summed E-state index contributed by atoms with van der Waals surface area (Å²) in [6.45, 7) is 1.55. The highest BCUT2D eigenvalue weighted by Crippen LogP contribution is 2.13. The van der Waals surface area contributed by atoms with Gasteiger partial charge in [-0.1, -0.05) is 0 Å². The second-order valence-electron chi connectivity index (χ2n) is 4.29. The number of urea groups is 1. The number of ether oxygens (including phenoxy) is 1. The van der Waals surface area contributed by atoms with Crippen LogP contribution in [0.5, 0.6) is 0 Å². The molecule has 0 aromatic carbocycles. The molecule has 1 atom stereocenters. The maximum atomic E-state index is 12.0. The Hall–Kier alpha value is -1.30. The molecule has 6 nitrogen and oxygen atoms in total. The van der Waals surface area contributed by atoms with Crippen LogP contribution in [0.3, 0.4) is 0 Å². The van der Waals surface area contributed by atoms with Crippen molar-refractivity contribution in [3.05, 3.63) is 0 Å². The first-order chi connectivity index (χ1) is 8.04. The Kier molecular flexibility index (Phi) is 5.21. The molecule has 1 rings (SSSR count). The predicted octanol–water partition coefficient (Wildman–Crippen LogP) is 0.624. The minimum Gasteiger partial charge on any atom is -0.481 e. The van der Waals surface area contributed by atoms with Crippen molar-refractivity contribution >= 4 is 12.0 Å². The minimum atomic E-state index is -0.891. The van der Waals surface area contributed by atoms with Crippen LogP contribution in [0, 0.1) is 0 Å². The third-order valence-electron chi connectivity index (χ3n) is 2.97. The Labute approximate surface area is 101 Å². The number of carbonyl (C=O) groups excluding carboxylic acids is 1. The molecule has 0 spiro atoms. The number of carboxylic acid groups (broad SMARTS) is 1. The van der Waals surface area contributed by atoms with Crippen molar-refractivity contribution in [3.63, 3.8) is 0 Å². The van der Waals surface area contributed by atoms with Gasteiger partial charge in [-0.2, -0.15) is 0 Å². The van der Waals surface area contributed by atoms with E-state index in [2.05, 4.69) is 0 Å². The monoisotopic (exact) mass is 244 g/mol. The van der Waals surface area contributed by atoms with Crippen molar-refractivity contribution in [3.8, 4) is 0 Å². The number of piperidine rings is 1. The Morgan fingerprint density at radius 1 is 1.53 bits per heavy atom. The number of amides is 2. The Bertz CT molecular complexity index is 283. The topological polar surface area (TPSA) is 70.1 Å². The highest BCUT2D eigenvalue weighted by molar-refractivity contribution is 5.75. The summed E-state index contributed by atoms with van der Waals surface area (Å²) in [4.78, 5) is 25.6. The smallest absolute Gasteiger partial charge is 0.319 e. The van der Waals surface area contributed by atoms with Gasteiger partial charge in [-0.05, 0) is 12.8 Å². The lowest BCUT2D eigenvalue weighted by Gasteiger charge is -2.34. The Balaban J connectivity index is 2.42. The number of carboxylic acids is 1. The summed E-state index contributed by atoms with van der Waals surface area (Å²) >= 11 is 0. The highest BCUT2D eigenvalue weighted by atomic mass is 16.5. The number of hydrogen-bond acceptors (Lipinski definition) is 3. The van der Waals surface area contributed by atoms with Crippen LogP contribution in [0.15, 0.2) is 0 Å². The molecule has 1 N–H and O–H groups in total. The second-order valence-corrected chi connectivity index (χ2v) is 4.29. The molecular weight excluding hydrogens is 224 g/mol. The average Bonchev–Trinajstić information content (AvgIpc) is 2.35. The molecule has 0 bridgehead atoms. The molecule has 2 amide bonds. The van der Waals surface area contributed by atoms with E-state index in [-0.39, 0.29) is 25.1 Å². The molecule has 1 aliphatic rings. The first-order valence-corrected chi connectivity index (χ1v) is 5.79. The number of hydrogen-bond donors (Lipinski definition) is 1. The van der Waals surface area contributed by atoms with E-state index in [1.54, 1.807) is 19.1 Å². The molecule has 17 heavy (non-hydrogen) atoms. The van der Waals surface area contributed by atoms with E-state index in [1.165, 1.54) is 4.90 Å². The molecule has 1 fully saturated rings. The van der Waals surface area contributed by atoms with Gasteiger partial charge in [0, 0.05) is 33.8 Å². The molecule has 0 radical (unpaired) electrons. The number of rotatable bonds is 4. The van der Waals surface area contributed by atoms with Crippen LogP contribution >= 0.6 is 0 Å². The molecule has 0 aromatic heterocycles. The summed E-state index contributed by atoms with van der Waals surface area (Å²) in [5.74, 6) is -0.891. The molecule has 1 heterocycles. The Morgan fingerprint density at radius 3 is 2.82 bits per heavy atom. The van der Waals surface area contributed by atoms with E-state index >= 15 is 0 Å². The lowest BCUT2D eigenvalue weighted by molar-refractivity contribution is -0.137. The molecule has 1 unspecified atom stereocenters. The fourth-order valence-corrected chi connectivity index (χ4v) is 1.90. The van der Waals surface area contributed by atoms with Gasteiger partial charge in [0.25, 0.3) is 0 Å². The zero-order chi connectivity index (χ0) is 12.8. The van der Waals surface area contributed by atoms with Gasteiger partial charge in [-0.3, -0.25) is 4.79 Å². The molecule has 0 aromatic rings. The Morgan fingerprint density at radius 2 is 2.24 bits per heavy atom. The van der Waals surface area contributed by atoms with Crippen LogP contribution in [0.25, 0.3) is 0 Å². The highest BCUT2D eigenvalue weighted by Gasteiger charge is 2.25. The first-order valence-electron chi connectivity index (χ1n) is 5.79. The molecule has 0 aliphatic carbocycles. The minimum absolute atomic E-state index is 0.0240. The van der Waals surface area contributed by atoms with Crippen molar-refractivity contribution in [2.24, 2.45) is 0 Å². The van der Waals surface area contributed by atoms with Crippen LogP contribution in [0.2, 0.25) is 0 Å². The number of carbonyl (C=O) groups is 2. The fourth-order valence-electron chi connectivity index (χ4n) is 1.90. The molecule has 0 saturated carbocycles. The van der Waals surface area contributed by atoms with Gasteiger partial charge in [0.15, 0.2) is 0 Å². The quantitative estimate of drug-likeness (QED) is 0.787. The normalized spacial score (nSPS) is 20.1. The summed E-state index contributed by atoms with van der Waals surface area (Å²) < 4.78 is 5.24. The van der Waals surface area contributed by atoms with Gasteiger partial charge >= 0.3 is 12.0 Å². The maximum absolute atomic E-state index is 12.0. The van der Waals surface area contributed by atoms with E-state index in [4.69, 9.17) is 9.84 Å². The molecule has 6 heteroatoms. The third kappa shape index (κ3) is 4.22. The van der Waals surface area contributed by atoms with Gasteiger partial charge in [0.1, 0.15) is 0 Å². The van der Waals surface area contributed by atoms with Crippen LogP contribution in [0.1, 0.15) is 19.3 Å². The summed E-state index contributed by atoms with van der Waals surface area (Å²) in [6.07, 6.45) is 1.97. The van der Waals surface area contributed by atoms with E-state index in [0.717, 1.165) is 19.4 Å². The first kappa shape index (κ1) is 13.8. The largest absolute Gasteiger partial charge is 0.481 e. The summed E-state index contributed by atoms with van der Waals surface area (Å²) in [7, 11) is 3.27. The van der Waals surface area contributed by atoms with Gasteiger partial charge in [-0.15, -0.1) is 0 Å². The van der Waals surface area contributed by atoms with Gasteiger partial charge in [0.2, 0.25) is 0 Å². The van der Waals surface area contributed by atoms with Crippen molar-refractivity contribution in [2.75, 3.05) is 33.8 Å². The predicted molar refractivity (Wildman–Crippen MR) is 61.9 cm³/mol. The number of methoxy groups -OCH3 is 1. The third-order valence-corrected chi connectivity index (χ3v) is 2.97. The second kappa shape index (κ2) is 6.44. The lowest BCUT2D eigenvalue weighted by Crippen LogP contribution is -2.48. The SMILES string of the molecule is COC1CCCN(C(=O)N(C)CCC(=O)O)C1.